The Labute approximate surface area is 108 Å². The monoisotopic (exact) mass is 260 g/mol. The van der Waals surface area contributed by atoms with Gasteiger partial charge >= 0.3 is 0 Å². The van der Waals surface area contributed by atoms with E-state index in [4.69, 9.17) is 9.47 Å². The Morgan fingerprint density at radius 2 is 2.16 bits per heavy atom. The summed E-state index contributed by atoms with van der Waals surface area (Å²) in [4.78, 5) is 24.2. The van der Waals surface area contributed by atoms with Gasteiger partial charge in [0.1, 0.15) is 5.56 Å². The molecule has 2 aromatic rings. The average Bonchev–Trinajstić information content (AvgIpc) is 3.03. The number of ketones is 1. The van der Waals surface area contributed by atoms with E-state index in [0.29, 0.717) is 23.6 Å². The SMILES string of the molecule is CCn1[nH]cc(C(=O)c2ccc3c(c2)OCO3)c1=O. The number of ether oxygens (including phenoxy) is 2. The number of hydrogen-bond donors (Lipinski definition) is 1. The van der Waals surface area contributed by atoms with E-state index in [1.807, 2.05) is 6.92 Å². The molecule has 0 atom stereocenters. The van der Waals surface area contributed by atoms with Crippen molar-refractivity contribution >= 4 is 5.78 Å². The molecule has 0 amide bonds. The maximum absolute atomic E-state index is 12.3. The lowest BCUT2D eigenvalue weighted by Gasteiger charge is -2.00. The van der Waals surface area contributed by atoms with Crippen LogP contribution in [0.25, 0.3) is 0 Å². The van der Waals surface area contributed by atoms with Gasteiger partial charge in [-0.05, 0) is 25.1 Å². The largest absolute Gasteiger partial charge is 0.454 e. The second-order valence-corrected chi connectivity index (χ2v) is 4.13. The number of fused-ring (bicyclic) bond motifs is 1. The van der Waals surface area contributed by atoms with E-state index in [-0.39, 0.29) is 23.7 Å². The first-order valence-corrected chi connectivity index (χ1v) is 5.93. The van der Waals surface area contributed by atoms with Crippen LogP contribution < -0.4 is 15.0 Å². The molecule has 0 saturated carbocycles. The summed E-state index contributed by atoms with van der Waals surface area (Å²) in [6.45, 7) is 2.47. The van der Waals surface area contributed by atoms with Gasteiger partial charge in [-0.15, -0.1) is 0 Å². The van der Waals surface area contributed by atoms with Crippen LogP contribution in [-0.4, -0.2) is 22.4 Å². The van der Waals surface area contributed by atoms with Gasteiger partial charge in [0.05, 0.1) is 0 Å². The number of nitrogens with zero attached hydrogens (tertiary/aromatic N) is 1. The van der Waals surface area contributed by atoms with Crippen molar-refractivity contribution in [3.05, 3.63) is 45.9 Å². The lowest BCUT2D eigenvalue weighted by molar-refractivity contribution is 0.103. The van der Waals surface area contributed by atoms with E-state index in [2.05, 4.69) is 5.10 Å². The number of carbonyl (C=O) groups excluding carboxylic acids is 1. The zero-order valence-electron chi connectivity index (χ0n) is 10.3. The first-order chi connectivity index (χ1) is 9.20. The molecule has 0 bridgehead atoms. The van der Waals surface area contributed by atoms with Gasteiger partial charge in [-0.3, -0.25) is 14.3 Å². The predicted molar refractivity (Wildman–Crippen MR) is 66.7 cm³/mol. The van der Waals surface area contributed by atoms with Crippen LogP contribution in [0.5, 0.6) is 11.5 Å². The molecule has 0 unspecified atom stereocenters. The minimum Gasteiger partial charge on any atom is -0.454 e. The van der Waals surface area contributed by atoms with Gasteiger partial charge in [-0.1, -0.05) is 0 Å². The van der Waals surface area contributed by atoms with Crippen LogP contribution in [0, 0.1) is 0 Å². The Kier molecular flexibility index (Phi) is 2.63. The lowest BCUT2D eigenvalue weighted by atomic mass is 10.1. The molecule has 6 heteroatoms. The Morgan fingerprint density at radius 1 is 1.37 bits per heavy atom. The molecule has 98 valence electrons. The summed E-state index contributed by atoms with van der Waals surface area (Å²) in [5, 5.41) is 2.75. The highest BCUT2D eigenvalue weighted by molar-refractivity contribution is 6.09. The number of nitrogens with one attached hydrogen (secondary N) is 1. The molecule has 6 nitrogen and oxygen atoms in total. The van der Waals surface area contributed by atoms with Gasteiger partial charge in [-0.25, -0.2) is 0 Å². The van der Waals surface area contributed by atoms with E-state index < -0.39 is 0 Å². The molecule has 1 aliphatic rings. The van der Waals surface area contributed by atoms with E-state index in [1.54, 1.807) is 18.2 Å². The fraction of sp³-hybridized carbons (Fsp3) is 0.231. The van der Waals surface area contributed by atoms with E-state index >= 15 is 0 Å². The number of benzene rings is 1. The molecule has 19 heavy (non-hydrogen) atoms. The molecule has 1 aliphatic heterocycles. The van der Waals surface area contributed by atoms with Crippen molar-refractivity contribution in [2.45, 2.75) is 13.5 Å². The molecule has 0 radical (unpaired) electrons. The van der Waals surface area contributed by atoms with Gasteiger partial charge in [0.15, 0.2) is 17.3 Å². The molecule has 1 aromatic heterocycles. The summed E-state index contributed by atoms with van der Waals surface area (Å²) in [6, 6.07) is 4.88. The van der Waals surface area contributed by atoms with E-state index in [9.17, 15) is 9.59 Å². The molecule has 0 spiro atoms. The van der Waals surface area contributed by atoms with Gasteiger partial charge in [0.2, 0.25) is 6.79 Å². The van der Waals surface area contributed by atoms with Crippen molar-refractivity contribution in [2.75, 3.05) is 6.79 Å². The summed E-state index contributed by atoms with van der Waals surface area (Å²) in [5.41, 5.74) is 0.217. The summed E-state index contributed by atoms with van der Waals surface area (Å²) in [7, 11) is 0. The Bertz CT molecular complexity index is 699. The van der Waals surface area contributed by atoms with Crippen LogP contribution in [0.2, 0.25) is 0 Å². The number of aromatic amines is 1. The second-order valence-electron chi connectivity index (χ2n) is 4.13. The summed E-state index contributed by atoms with van der Waals surface area (Å²) in [6.07, 6.45) is 1.43. The van der Waals surface area contributed by atoms with Crippen LogP contribution in [-0.2, 0) is 6.54 Å². The first-order valence-electron chi connectivity index (χ1n) is 5.93. The van der Waals surface area contributed by atoms with Gasteiger partial charge < -0.3 is 14.6 Å². The fourth-order valence-corrected chi connectivity index (χ4v) is 2.00. The Balaban J connectivity index is 2.00. The fourth-order valence-electron chi connectivity index (χ4n) is 2.00. The number of rotatable bonds is 3. The Hall–Kier alpha value is -2.50. The standard InChI is InChI=1S/C13H12N2O4/c1-2-15-13(17)9(6-14-15)12(16)8-3-4-10-11(5-8)19-7-18-10/h3-6,14H,2,7H2,1H3. The topological polar surface area (TPSA) is 73.3 Å². The lowest BCUT2D eigenvalue weighted by Crippen LogP contribution is -2.21. The summed E-state index contributed by atoms with van der Waals surface area (Å²) < 4.78 is 11.8. The minimum absolute atomic E-state index is 0.126. The highest BCUT2D eigenvalue weighted by atomic mass is 16.7. The molecule has 1 N–H and O–H groups in total. The van der Waals surface area contributed by atoms with Gasteiger partial charge in [-0.2, -0.15) is 0 Å². The second kappa shape index (κ2) is 4.31. The van der Waals surface area contributed by atoms with Crippen molar-refractivity contribution in [1.29, 1.82) is 0 Å². The zero-order valence-corrected chi connectivity index (χ0v) is 10.3. The van der Waals surface area contributed by atoms with E-state index in [1.165, 1.54) is 10.9 Å². The number of H-pyrrole nitrogens is 1. The normalized spacial score (nSPS) is 12.7. The van der Waals surface area contributed by atoms with Crippen LogP contribution in [0.3, 0.4) is 0 Å². The first kappa shape index (κ1) is 11.6. The van der Waals surface area contributed by atoms with Crippen molar-refractivity contribution in [3.8, 4) is 11.5 Å². The molecule has 0 saturated heterocycles. The molecular weight excluding hydrogens is 248 g/mol. The Morgan fingerprint density at radius 3 is 2.89 bits per heavy atom. The van der Waals surface area contributed by atoms with Crippen LogP contribution in [0.4, 0.5) is 0 Å². The van der Waals surface area contributed by atoms with Crippen LogP contribution in [0.1, 0.15) is 22.8 Å². The molecule has 1 aromatic carbocycles. The van der Waals surface area contributed by atoms with Crippen molar-refractivity contribution in [2.24, 2.45) is 0 Å². The average molecular weight is 260 g/mol. The summed E-state index contributed by atoms with van der Waals surface area (Å²) >= 11 is 0. The maximum Gasteiger partial charge on any atom is 0.277 e. The van der Waals surface area contributed by atoms with Crippen LogP contribution >= 0.6 is 0 Å². The van der Waals surface area contributed by atoms with Crippen molar-refractivity contribution in [3.63, 3.8) is 0 Å². The number of aryl methyl sites for hydroxylation is 1. The zero-order chi connectivity index (χ0) is 13.4. The van der Waals surface area contributed by atoms with Gasteiger partial charge in [0.25, 0.3) is 5.56 Å². The maximum atomic E-state index is 12.3. The number of carbonyl (C=O) groups is 1. The third-order valence-corrected chi connectivity index (χ3v) is 3.04. The van der Waals surface area contributed by atoms with Crippen LogP contribution in [0.15, 0.2) is 29.2 Å². The molecule has 2 heterocycles. The van der Waals surface area contributed by atoms with E-state index in [0.717, 1.165) is 0 Å². The number of aromatic nitrogens is 2. The molecule has 3 rings (SSSR count). The third-order valence-electron chi connectivity index (χ3n) is 3.04. The molecule has 0 aliphatic carbocycles. The van der Waals surface area contributed by atoms with Crippen molar-refractivity contribution < 1.29 is 14.3 Å². The van der Waals surface area contributed by atoms with Crippen molar-refractivity contribution in [1.82, 2.24) is 9.78 Å². The summed E-state index contributed by atoms with van der Waals surface area (Å²) in [5.74, 6) is 0.806. The molecule has 0 fully saturated rings. The number of hydrogen-bond acceptors (Lipinski definition) is 4. The minimum atomic E-state index is -0.327. The highest BCUT2D eigenvalue weighted by Crippen LogP contribution is 2.32. The smallest absolute Gasteiger partial charge is 0.277 e. The highest BCUT2D eigenvalue weighted by Gasteiger charge is 2.20. The molecular formula is C13H12N2O4. The van der Waals surface area contributed by atoms with Gasteiger partial charge in [0, 0.05) is 18.3 Å². The third kappa shape index (κ3) is 1.81. The predicted octanol–water partition coefficient (Wildman–Crippen LogP) is 1.16. The quantitative estimate of drug-likeness (QED) is 0.840.